The number of hydrogen-bond acceptors (Lipinski definition) is 3. The first kappa shape index (κ1) is 16.4. The molecule has 1 amide bonds. The second kappa shape index (κ2) is 7.87. The molecule has 21 heavy (non-hydrogen) atoms. The number of carbonyl (C=O) groups excluding carboxylic acids is 1. The zero-order chi connectivity index (χ0) is 15.2. The molecule has 1 aliphatic carbocycles. The Balaban J connectivity index is 1.74. The highest BCUT2D eigenvalue weighted by molar-refractivity contribution is 6.35. The second-order valence-corrected chi connectivity index (χ2v) is 6.12. The predicted octanol–water partition coefficient (Wildman–Crippen LogP) is 3.04. The van der Waals surface area contributed by atoms with Gasteiger partial charge in [-0.2, -0.15) is 0 Å². The zero-order valence-electron chi connectivity index (χ0n) is 11.6. The summed E-state index contributed by atoms with van der Waals surface area (Å²) in [5, 5.41) is 13.5. The molecule has 4 nitrogen and oxygen atoms in total. The molecule has 1 saturated carbocycles. The average Bonchev–Trinajstić information content (AvgIpc) is 2.45. The van der Waals surface area contributed by atoms with E-state index in [9.17, 15) is 9.90 Å². The third-order valence-electron chi connectivity index (χ3n) is 3.68. The normalized spacial score (nSPS) is 21.9. The maximum atomic E-state index is 11.8. The second-order valence-electron chi connectivity index (χ2n) is 5.28. The van der Waals surface area contributed by atoms with Gasteiger partial charge in [0.1, 0.15) is 5.75 Å². The van der Waals surface area contributed by atoms with Gasteiger partial charge in [-0.25, -0.2) is 0 Å². The van der Waals surface area contributed by atoms with Crippen molar-refractivity contribution < 1.29 is 14.6 Å². The number of aliphatic hydroxyl groups is 1. The van der Waals surface area contributed by atoms with E-state index in [1.807, 2.05) is 0 Å². The first-order valence-electron chi connectivity index (χ1n) is 7.09. The van der Waals surface area contributed by atoms with Gasteiger partial charge in [0.25, 0.3) is 5.91 Å². The van der Waals surface area contributed by atoms with Crippen molar-refractivity contribution in [1.29, 1.82) is 0 Å². The number of aliphatic hydroxyl groups excluding tert-OH is 1. The Morgan fingerprint density at radius 1 is 1.33 bits per heavy atom. The maximum Gasteiger partial charge on any atom is 0.257 e. The van der Waals surface area contributed by atoms with E-state index in [0.29, 0.717) is 22.3 Å². The zero-order valence-corrected chi connectivity index (χ0v) is 13.2. The molecule has 6 heteroatoms. The maximum absolute atomic E-state index is 11.8. The van der Waals surface area contributed by atoms with Gasteiger partial charge in [0.05, 0.1) is 11.1 Å². The molecule has 116 valence electrons. The van der Waals surface area contributed by atoms with Crippen molar-refractivity contribution in [2.45, 2.75) is 31.8 Å². The molecule has 0 radical (unpaired) electrons. The number of ether oxygens (including phenoxy) is 1. The van der Waals surface area contributed by atoms with E-state index in [1.165, 1.54) is 0 Å². The monoisotopic (exact) mass is 331 g/mol. The Hall–Kier alpha value is -0.970. The predicted molar refractivity (Wildman–Crippen MR) is 82.9 cm³/mol. The first-order valence-corrected chi connectivity index (χ1v) is 7.84. The summed E-state index contributed by atoms with van der Waals surface area (Å²) in [6, 6.07) is 4.84. The van der Waals surface area contributed by atoms with Crippen LogP contribution in [0.15, 0.2) is 18.2 Å². The number of halogens is 2. The summed E-state index contributed by atoms with van der Waals surface area (Å²) >= 11 is 11.7. The topological polar surface area (TPSA) is 58.6 Å². The molecule has 2 unspecified atom stereocenters. The van der Waals surface area contributed by atoms with Gasteiger partial charge in [-0.3, -0.25) is 4.79 Å². The van der Waals surface area contributed by atoms with Crippen molar-refractivity contribution in [2.75, 3.05) is 13.2 Å². The molecule has 0 aliphatic heterocycles. The summed E-state index contributed by atoms with van der Waals surface area (Å²) < 4.78 is 5.36. The fourth-order valence-electron chi connectivity index (χ4n) is 2.46. The van der Waals surface area contributed by atoms with Crippen molar-refractivity contribution in [3.8, 4) is 5.75 Å². The van der Waals surface area contributed by atoms with Crippen LogP contribution in [0.1, 0.15) is 25.7 Å². The van der Waals surface area contributed by atoms with Crippen LogP contribution in [0.4, 0.5) is 0 Å². The molecule has 1 aromatic carbocycles. The summed E-state index contributed by atoms with van der Waals surface area (Å²) in [7, 11) is 0. The number of nitrogens with one attached hydrogen (secondary N) is 1. The van der Waals surface area contributed by atoms with E-state index >= 15 is 0 Å². The van der Waals surface area contributed by atoms with Gasteiger partial charge in [-0.1, -0.05) is 36.0 Å². The van der Waals surface area contributed by atoms with Crippen LogP contribution >= 0.6 is 23.2 Å². The highest BCUT2D eigenvalue weighted by Crippen LogP contribution is 2.27. The molecule has 2 N–H and O–H groups in total. The molecule has 0 aromatic heterocycles. The third kappa shape index (κ3) is 5.06. The standard InChI is InChI=1S/C15H19Cl2NO3/c16-11-5-6-14(12(17)7-11)21-9-15(20)18-8-10-3-1-2-4-13(10)19/h5-7,10,13,19H,1-4,8-9H2,(H,18,20). The summed E-state index contributed by atoms with van der Waals surface area (Å²) in [6.07, 6.45) is 3.62. The Morgan fingerprint density at radius 2 is 2.10 bits per heavy atom. The molecular weight excluding hydrogens is 313 g/mol. The van der Waals surface area contributed by atoms with E-state index in [1.54, 1.807) is 18.2 Å². The van der Waals surface area contributed by atoms with Crippen LogP contribution in [0.25, 0.3) is 0 Å². The molecule has 1 aromatic rings. The van der Waals surface area contributed by atoms with Gasteiger partial charge in [0.15, 0.2) is 6.61 Å². The minimum absolute atomic E-state index is 0.107. The molecule has 1 aliphatic rings. The van der Waals surface area contributed by atoms with Crippen molar-refractivity contribution in [1.82, 2.24) is 5.32 Å². The van der Waals surface area contributed by atoms with Crippen LogP contribution in [-0.4, -0.2) is 30.3 Å². The highest BCUT2D eigenvalue weighted by atomic mass is 35.5. The fraction of sp³-hybridized carbons (Fsp3) is 0.533. The lowest BCUT2D eigenvalue weighted by Crippen LogP contribution is -2.38. The smallest absolute Gasteiger partial charge is 0.257 e. The summed E-state index contributed by atoms with van der Waals surface area (Å²) in [5.74, 6) is 0.342. The van der Waals surface area contributed by atoms with Crippen LogP contribution in [0.2, 0.25) is 10.0 Å². The van der Waals surface area contributed by atoms with E-state index < -0.39 is 0 Å². The number of rotatable bonds is 5. The molecule has 1 fully saturated rings. The number of carbonyl (C=O) groups is 1. The average molecular weight is 332 g/mol. The lowest BCUT2D eigenvalue weighted by atomic mass is 9.86. The van der Waals surface area contributed by atoms with E-state index in [4.69, 9.17) is 27.9 Å². The quantitative estimate of drug-likeness (QED) is 0.871. The van der Waals surface area contributed by atoms with Crippen LogP contribution in [0, 0.1) is 5.92 Å². The Morgan fingerprint density at radius 3 is 2.81 bits per heavy atom. The van der Waals surface area contributed by atoms with Crippen molar-refractivity contribution in [2.24, 2.45) is 5.92 Å². The summed E-state index contributed by atoms with van der Waals surface area (Å²) in [5.41, 5.74) is 0. The van der Waals surface area contributed by atoms with Crippen LogP contribution in [0.5, 0.6) is 5.75 Å². The largest absolute Gasteiger partial charge is 0.482 e. The van der Waals surface area contributed by atoms with Gasteiger partial charge < -0.3 is 15.2 Å². The minimum atomic E-state index is -0.314. The van der Waals surface area contributed by atoms with Crippen molar-refractivity contribution >= 4 is 29.1 Å². The van der Waals surface area contributed by atoms with Crippen LogP contribution in [-0.2, 0) is 4.79 Å². The summed E-state index contributed by atoms with van der Waals surface area (Å²) in [6.45, 7) is 0.377. The lowest BCUT2D eigenvalue weighted by molar-refractivity contribution is -0.123. The van der Waals surface area contributed by atoms with Crippen LogP contribution in [0.3, 0.4) is 0 Å². The Bertz CT molecular complexity index is 496. The molecule has 0 bridgehead atoms. The number of hydrogen-bond donors (Lipinski definition) is 2. The molecule has 0 heterocycles. The molecular formula is C15H19Cl2NO3. The van der Waals surface area contributed by atoms with Gasteiger partial charge in [0.2, 0.25) is 0 Å². The van der Waals surface area contributed by atoms with E-state index in [2.05, 4.69) is 5.32 Å². The van der Waals surface area contributed by atoms with Gasteiger partial charge in [-0.15, -0.1) is 0 Å². The molecule has 2 atom stereocenters. The minimum Gasteiger partial charge on any atom is -0.482 e. The van der Waals surface area contributed by atoms with Gasteiger partial charge in [-0.05, 0) is 31.0 Å². The van der Waals surface area contributed by atoms with Crippen molar-refractivity contribution in [3.63, 3.8) is 0 Å². The Kier molecular flexibility index (Phi) is 6.15. The van der Waals surface area contributed by atoms with Crippen LogP contribution < -0.4 is 10.1 Å². The Labute approximate surface area is 134 Å². The van der Waals surface area contributed by atoms with Crippen molar-refractivity contribution in [3.05, 3.63) is 28.2 Å². The van der Waals surface area contributed by atoms with Gasteiger partial charge in [0, 0.05) is 17.5 Å². The van der Waals surface area contributed by atoms with E-state index in [0.717, 1.165) is 25.7 Å². The number of benzene rings is 1. The highest BCUT2D eigenvalue weighted by Gasteiger charge is 2.23. The third-order valence-corrected chi connectivity index (χ3v) is 4.21. The molecule has 2 rings (SSSR count). The van der Waals surface area contributed by atoms with Gasteiger partial charge >= 0.3 is 0 Å². The lowest BCUT2D eigenvalue weighted by Gasteiger charge is -2.27. The molecule has 0 saturated heterocycles. The SMILES string of the molecule is O=C(COc1ccc(Cl)cc1Cl)NCC1CCCCC1O. The molecule has 0 spiro atoms. The number of amides is 1. The van der Waals surface area contributed by atoms with E-state index in [-0.39, 0.29) is 24.5 Å². The fourth-order valence-corrected chi connectivity index (χ4v) is 2.92. The first-order chi connectivity index (χ1) is 10.1. The summed E-state index contributed by atoms with van der Waals surface area (Å²) in [4.78, 5) is 11.8.